The highest BCUT2D eigenvalue weighted by Crippen LogP contribution is 2.27. The first-order chi connectivity index (χ1) is 21.1. The van der Waals surface area contributed by atoms with Gasteiger partial charge in [0, 0.05) is 39.5 Å². The molecule has 0 radical (unpaired) electrons. The van der Waals surface area contributed by atoms with Gasteiger partial charge in [-0.3, -0.25) is 24.5 Å². The Bertz CT molecular complexity index is 1710. The highest BCUT2D eigenvalue weighted by Gasteiger charge is 2.18. The average molecular weight is 611 g/mol. The number of aryl methyl sites for hydroxylation is 1. The Morgan fingerprint density at radius 3 is 2.25 bits per heavy atom. The summed E-state index contributed by atoms with van der Waals surface area (Å²) in [6, 6.07) is 26.9. The zero-order chi connectivity index (χ0) is 31.6. The second kappa shape index (κ2) is 14.7. The summed E-state index contributed by atoms with van der Waals surface area (Å²) >= 11 is 1.32. The maximum absolute atomic E-state index is 13.4. The number of para-hydroxylation sites is 1. The third kappa shape index (κ3) is 8.33. The molecule has 0 aliphatic heterocycles. The van der Waals surface area contributed by atoms with Crippen molar-refractivity contribution in [1.29, 1.82) is 0 Å². The number of carbonyl (C=O) groups is 3. The highest BCUT2D eigenvalue weighted by molar-refractivity contribution is 8.00. The number of nitrogens with zero attached hydrogens (tertiary/aromatic N) is 1. The van der Waals surface area contributed by atoms with Crippen molar-refractivity contribution in [1.82, 2.24) is 5.32 Å². The van der Waals surface area contributed by atoms with E-state index in [1.54, 1.807) is 98.8 Å². The molecule has 0 aromatic heterocycles. The first-order valence-electron chi connectivity index (χ1n) is 13.5. The molecule has 3 amide bonds. The van der Waals surface area contributed by atoms with E-state index in [1.807, 2.05) is 0 Å². The molecule has 4 aromatic carbocycles. The van der Waals surface area contributed by atoms with E-state index >= 15 is 0 Å². The van der Waals surface area contributed by atoms with E-state index in [0.717, 1.165) is 4.90 Å². The molecule has 0 spiro atoms. The smallest absolute Gasteiger partial charge is 0.272 e. The fourth-order valence-corrected chi connectivity index (χ4v) is 4.96. The molecular formula is C33H30N4O6S. The normalized spacial score (nSPS) is 11.7. The Labute approximate surface area is 258 Å². The fourth-order valence-electron chi connectivity index (χ4n) is 4.09. The zero-order valence-electron chi connectivity index (χ0n) is 24.2. The predicted octanol–water partition coefficient (Wildman–Crippen LogP) is 6.44. The van der Waals surface area contributed by atoms with Gasteiger partial charge in [-0.2, -0.15) is 0 Å². The van der Waals surface area contributed by atoms with E-state index in [4.69, 9.17) is 4.74 Å². The van der Waals surface area contributed by atoms with Gasteiger partial charge >= 0.3 is 0 Å². The largest absolute Gasteiger partial charge is 0.496 e. The van der Waals surface area contributed by atoms with Gasteiger partial charge in [-0.25, -0.2) is 0 Å². The third-order valence-electron chi connectivity index (χ3n) is 6.44. The van der Waals surface area contributed by atoms with Crippen LogP contribution in [0.4, 0.5) is 17.1 Å². The van der Waals surface area contributed by atoms with E-state index in [2.05, 4.69) is 16.0 Å². The van der Waals surface area contributed by atoms with Gasteiger partial charge in [0.1, 0.15) is 11.4 Å². The topological polar surface area (TPSA) is 140 Å². The summed E-state index contributed by atoms with van der Waals surface area (Å²) in [6.07, 6.45) is 1.55. The maximum atomic E-state index is 13.4. The van der Waals surface area contributed by atoms with Crippen LogP contribution >= 0.6 is 11.8 Å². The van der Waals surface area contributed by atoms with Crippen LogP contribution in [0, 0.1) is 17.0 Å². The number of nitrogens with one attached hydrogen (secondary N) is 3. The van der Waals surface area contributed by atoms with Crippen molar-refractivity contribution < 1.29 is 24.0 Å². The molecule has 4 rings (SSSR count). The van der Waals surface area contributed by atoms with Crippen molar-refractivity contribution in [2.45, 2.75) is 24.0 Å². The van der Waals surface area contributed by atoms with E-state index in [9.17, 15) is 24.5 Å². The standard InChI is InChI=1S/C33H30N4O6S/c1-21-19-26(37(41)42)15-18-28(21)35-31(38)22(2)44-27-16-13-25(14-17-27)34-33(40)29(20-24-11-7-8-12-30(24)43-3)36-32(39)23-9-5-4-6-10-23/h4-20,22H,1-3H3,(H,34,40)(H,35,38)(H,36,39)/b29-20-. The predicted molar refractivity (Wildman–Crippen MR) is 172 cm³/mol. The number of hydrogen-bond acceptors (Lipinski definition) is 7. The molecule has 0 aliphatic carbocycles. The molecule has 224 valence electrons. The van der Waals surface area contributed by atoms with Crippen LogP contribution in [-0.4, -0.2) is 35.0 Å². The molecule has 4 aromatic rings. The number of hydrogen-bond donors (Lipinski definition) is 3. The summed E-state index contributed by atoms with van der Waals surface area (Å²) in [5, 5.41) is 18.8. The number of nitro groups is 1. The zero-order valence-corrected chi connectivity index (χ0v) is 25.0. The maximum Gasteiger partial charge on any atom is 0.272 e. The first kappa shape index (κ1) is 31.5. The lowest BCUT2D eigenvalue weighted by molar-refractivity contribution is -0.384. The molecule has 11 heteroatoms. The van der Waals surface area contributed by atoms with E-state index in [1.165, 1.54) is 37.1 Å². The van der Waals surface area contributed by atoms with Gasteiger partial charge in [-0.15, -0.1) is 11.8 Å². The number of rotatable bonds is 11. The second-order valence-electron chi connectivity index (χ2n) is 9.60. The molecule has 1 atom stereocenters. The van der Waals surface area contributed by atoms with Crippen LogP contribution in [0.5, 0.6) is 5.75 Å². The lowest BCUT2D eigenvalue weighted by atomic mass is 10.1. The molecular weight excluding hydrogens is 580 g/mol. The Balaban J connectivity index is 1.44. The Morgan fingerprint density at radius 2 is 1.59 bits per heavy atom. The number of methoxy groups -OCH3 is 1. The summed E-state index contributed by atoms with van der Waals surface area (Å²) in [5.74, 6) is -0.698. The molecule has 1 unspecified atom stereocenters. The average Bonchev–Trinajstić information content (AvgIpc) is 3.03. The summed E-state index contributed by atoms with van der Waals surface area (Å²) in [4.78, 5) is 50.3. The SMILES string of the molecule is COc1ccccc1/C=C(\NC(=O)c1ccccc1)C(=O)Nc1ccc(SC(C)C(=O)Nc2ccc([N+](=O)[O-])cc2C)cc1. The van der Waals surface area contributed by atoms with Crippen LogP contribution in [0.15, 0.2) is 108 Å². The molecule has 3 N–H and O–H groups in total. The summed E-state index contributed by atoms with van der Waals surface area (Å²) in [5.41, 5.74) is 2.56. The molecule has 0 heterocycles. The van der Waals surface area contributed by atoms with Crippen molar-refractivity contribution in [2.75, 3.05) is 17.7 Å². The number of ether oxygens (including phenoxy) is 1. The van der Waals surface area contributed by atoms with E-state index in [0.29, 0.717) is 33.8 Å². The summed E-state index contributed by atoms with van der Waals surface area (Å²) < 4.78 is 5.40. The summed E-state index contributed by atoms with van der Waals surface area (Å²) in [6.45, 7) is 3.44. The van der Waals surface area contributed by atoms with Crippen molar-refractivity contribution in [3.63, 3.8) is 0 Å². The lowest BCUT2D eigenvalue weighted by Gasteiger charge is -2.14. The number of nitro benzene ring substituents is 1. The molecule has 0 fully saturated rings. The molecule has 0 aliphatic rings. The van der Waals surface area contributed by atoms with Crippen LogP contribution in [0.3, 0.4) is 0 Å². The van der Waals surface area contributed by atoms with Crippen molar-refractivity contribution in [3.8, 4) is 5.75 Å². The fraction of sp³-hybridized carbons (Fsp3) is 0.121. The number of benzene rings is 4. The van der Waals surface area contributed by atoms with E-state index in [-0.39, 0.29) is 17.3 Å². The van der Waals surface area contributed by atoms with Crippen molar-refractivity contribution in [2.24, 2.45) is 0 Å². The van der Waals surface area contributed by atoms with Crippen LogP contribution < -0.4 is 20.7 Å². The second-order valence-corrected chi connectivity index (χ2v) is 11.0. The van der Waals surface area contributed by atoms with Crippen LogP contribution in [0.1, 0.15) is 28.4 Å². The molecule has 0 bridgehead atoms. The molecule has 44 heavy (non-hydrogen) atoms. The van der Waals surface area contributed by atoms with Crippen LogP contribution in [-0.2, 0) is 9.59 Å². The monoisotopic (exact) mass is 610 g/mol. The number of anilines is 2. The Kier molecular flexibility index (Phi) is 10.5. The van der Waals surface area contributed by atoms with E-state index < -0.39 is 22.0 Å². The van der Waals surface area contributed by atoms with Crippen molar-refractivity contribution >= 4 is 52.6 Å². The Hall–Kier alpha value is -5.42. The number of non-ortho nitro benzene ring substituents is 1. The van der Waals surface area contributed by atoms with Gasteiger partial charge in [0.15, 0.2) is 0 Å². The van der Waals surface area contributed by atoms with Gasteiger partial charge in [-0.05, 0) is 74.0 Å². The lowest BCUT2D eigenvalue weighted by Crippen LogP contribution is -2.30. The first-order valence-corrected chi connectivity index (χ1v) is 14.4. The highest BCUT2D eigenvalue weighted by atomic mass is 32.2. The van der Waals surface area contributed by atoms with Gasteiger partial charge < -0.3 is 20.7 Å². The molecule has 10 nitrogen and oxygen atoms in total. The van der Waals surface area contributed by atoms with Gasteiger partial charge in [0.2, 0.25) is 5.91 Å². The molecule has 0 saturated carbocycles. The Morgan fingerprint density at radius 1 is 0.909 bits per heavy atom. The van der Waals surface area contributed by atoms with Gasteiger partial charge in [-0.1, -0.05) is 36.4 Å². The minimum Gasteiger partial charge on any atom is -0.496 e. The van der Waals surface area contributed by atoms with Crippen LogP contribution in [0.25, 0.3) is 6.08 Å². The minimum absolute atomic E-state index is 0.0219. The molecule has 0 saturated heterocycles. The van der Waals surface area contributed by atoms with Crippen molar-refractivity contribution in [3.05, 3.63) is 130 Å². The van der Waals surface area contributed by atoms with Crippen LogP contribution in [0.2, 0.25) is 0 Å². The summed E-state index contributed by atoms with van der Waals surface area (Å²) in [7, 11) is 1.52. The number of thioether (sulfide) groups is 1. The number of amides is 3. The minimum atomic E-state index is -0.535. The van der Waals surface area contributed by atoms with Gasteiger partial charge in [0.25, 0.3) is 17.5 Å². The van der Waals surface area contributed by atoms with Gasteiger partial charge in [0.05, 0.1) is 17.3 Å². The quantitative estimate of drug-likeness (QED) is 0.0768. The third-order valence-corrected chi connectivity index (χ3v) is 7.55. The number of carbonyl (C=O) groups excluding carboxylic acids is 3.